The molecule has 0 bridgehead atoms. The maximum Gasteiger partial charge on any atom is 0.420 e. The van der Waals surface area contributed by atoms with E-state index in [2.05, 4.69) is 15.9 Å². The summed E-state index contributed by atoms with van der Waals surface area (Å²) in [5.41, 5.74) is -0.776. The lowest BCUT2D eigenvalue weighted by molar-refractivity contribution is -0.136. The summed E-state index contributed by atoms with van der Waals surface area (Å²) in [4.78, 5) is 0. The van der Waals surface area contributed by atoms with Gasteiger partial charge >= 0.3 is 6.18 Å². The third kappa shape index (κ3) is 1.80. The van der Waals surface area contributed by atoms with Crippen molar-refractivity contribution in [2.45, 2.75) is 13.1 Å². The van der Waals surface area contributed by atoms with E-state index in [9.17, 15) is 13.2 Å². The van der Waals surface area contributed by atoms with Gasteiger partial charge in [0.2, 0.25) is 5.76 Å². The van der Waals surface area contributed by atoms with Gasteiger partial charge in [0.25, 0.3) is 0 Å². The Balaban J connectivity index is 2.93. The second-order valence-corrected chi connectivity index (χ2v) is 4.32. The van der Waals surface area contributed by atoms with Gasteiger partial charge in [-0.3, -0.25) is 0 Å². The Morgan fingerprint density at radius 1 is 1.35 bits per heavy atom. The minimum Gasteiger partial charge on any atom is -0.445 e. The fraction of sp³-hybridized carbons (Fsp3) is 0.182. The SMILES string of the molecule is Cc1c(C#N)oc2c(C(F)(F)F)ccc(Br)c12. The monoisotopic (exact) mass is 303 g/mol. The fourth-order valence-electron chi connectivity index (χ4n) is 1.64. The number of rotatable bonds is 0. The first-order valence-corrected chi connectivity index (χ1v) is 5.34. The summed E-state index contributed by atoms with van der Waals surface area (Å²) in [6.45, 7) is 1.55. The number of fused-ring (bicyclic) bond motifs is 1. The molecule has 1 aromatic carbocycles. The van der Waals surface area contributed by atoms with Gasteiger partial charge in [-0.15, -0.1) is 0 Å². The molecule has 2 rings (SSSR count). The van der Waals surface area contributed by atoms with Gasteiger partial charge in [-0.25, -0.2) is 0 Å². The Morgan fingerprint density at radius 3 is 2.53 bits per heavy atom. The van der Waals surface area contributed by atoms with E-state index in [1.807, 2.05) is 0 Å². The van der Waals surface area contributed by atoms with E-state index >= 15 is 0 Å². The molecule has 2 aromatic rings. The third-order valence-corrected chi connectivity index (χ3v) is 3.09. The molecule has 0 aliphatic rings. The largest absolute Gasteiger partial charge is 0.445 e. The maximum absolute atomic E-state index is 12.7. The van der Waals surface area contributed by atoms with Crippen molar-refractivity contribution in [3.8, 4) is 6.07 Å². The van der Waals surface area contributed by atoms with Crippen LogP contribution in [0.5, 0.6) is 0 Å². The molecule has 1 heterocycles. The van der Waals surface area contributed by atoms with Gasteiger partial charge in [-0.05, 0) is 19.1 Å². The second-order valence-electron chi connectivity index (χ2n) is 3.46. The summed E-state index contributed by atoms with van der Waals surface area (Å²) >= 11 is 3.15. The number of nitriles is 1. The second kappa shape index (κ2) is 3.77. The van der Waals surface area contributed by atoms with Crippen LogP contribution in [0.2, 0.25) is 0 Å². The number of alkyl halides is 3. The van der Waals surface area contributed by atoms with Crippen molar-refractivity contribution in [2.75, 3.05) is 0 Å². The molecule has 1 aromatic heterocycles. The van der Waals surface area contributed by atoms with Crippen molar-refractivity contribution < 1.29 is 17.6 Å². The molecule has 0 aliphatic heterocycles. The molecule has 0 aliphatic carbocycles. The summed E-state index contributed by atoms with van der Waals surface area (Å²) in [5, 5.41) is 9.05. The summed E-state index contributed by atoms with van der Waals surface area (Å²) < 4.78 is 43.7. The first kappa shape index (κ1) is 12.0. The highest BCUT2D eigenvalue weighted by atomic mass is 79.9. The standard InChI is InChI=1S/C11H5BrF3NO/c1-5-8(4-16)17-10-6(11(13,14)15)2-3-7(12)9(5)10/h2-3H,1H3. The fourth-order valence-corrected chi connectivity index (χ4v) is 2.25. The number of aryl methyl sites for hydroxylation is 1. The Labute approximate surface area is 103 Å². The van der Waals surface area contributed by atoms with Crippen LogP contribution >= 0.6 is 15.9 Å². The van der Waals surface area contributed by atoms with Crippen molar-refractivity contribution in [1.29, 1.82) is 5.26 Å². The zero-order valence-corrected chi connectivity index (χ0v) is 10.1. The zero-order chi connectivity index (χ0) is 12.8. The normalized spacial score (nSPS) is 11.8. The Bertz CT molecular complexity index is 637. The molecular weight excluding hydrogens is 299 g/mol. The molecule has 88 valence electrons. The molecule has 0 saturated carbocycles. The number of nitrogens with zero attached hydrogens (tertiary/aromatic N) is 1. The van der Waals surface area contributed by atoms with Crippen LogP contribution in [0.15, 0.2) is 21.0 Å². The Kier molecular flexibility index (Phi) is 2.66. The lowest BCUT2D eigenvalue weighted by atomic mass is 10.1. The molecule has 17 heavy (non-hydrogen) atoms. The van der Waals surface area contributed by atoms with Crippen molar-refractivity contribution in [3.63, 3.8) is 0 Å². The van der Waals surface area contributed by atoms with E-state index in [-0.39, 0.29) is 16.7 Å². The molecule has 0 unspecified atom stereocenters. The minimum absolute atomic E-state index is 0.0996. The lowest BCUT2D eigenvalue weighted by Crippen LogP contribution is -2.05. The summed E-state index contributed by atoms with van der Waals surface area (Å²) in [6, 6.07) is 3.96. The third-order valence-electron chi connectivity index (χ3n) is 2.43. The molecule has 0 radical (unpaired) electrons. The minimum atomic E-state index is -4.50. The first-order valence-electron chi connectivity index (χ1n) is 4.55. The van der Waals surface area contributed by atoms with Gasteiger partial charge in [0.05, 0.1) is 5.56 Å². The van der Waals surface area contributed by atoms with Gasteiger partial charge in [0, 0.05) is 15.4 Å². The highest BCUT2D eigenvalue weighted by molar-refractivity contribution is 9.10. The van der Waals surface area contributed by atoms with E-state index in [4.69, 9.17) is 9.68 Å². The van der Waals surface area contributed by atoms with Crippen LogP contribution in [-0.4, -0.2) is 0 Å². The van der Waals surface area contributed by atoms with Crippen molar-refractivity contribution in [1.82, 2.24) is 0 Å². The van der Waals surface area contributed by atoms with Gasteiger partial charge in [-0.2, -0.15) is 18.4 Å². The quantitative estimate of drug-likeness (QED) is 0.723. The number of halogens is 4. The van der Waals surface area contributed by atoms with Gasteiger partial charge < -0.3 is 4.42 Å². The maximum atomic E-state index is 12.7. The molecule has 0 saturated heterocycles. The topological polar surface area (TPSA) is 36.9 Å². The van der Waals surface area contributed by atoms with Gasteiger partial charge in [0.15, 0.2) is 0 Å². The van der Waals surface area contributed by atoms with E-state index in [1.165, 1.54) is 6.07 Å². The van der Waals surface area contributed by atoms with Crippen LogP contribution < -0.4 is 0 Å². The molecule has 0 amide bonds. The predicted octanol–water partition coefficient (Wildman–Crippen LogP) is 4.39. The van der Waals surface area contributed by atoms with Crippen LogP contribution in [0, 0.1) is 18.3 Å². The molecule has 0 atom stereocenters. The van der Waals surface area contributed by atoms with Crippen LogP contribution in [0.4, 0.5) is 13.2 Å². The molecule has 6 heteroatoms. The highest BCUT2D eigenvalue weighted by Gasteiger charge is 2.35. The molecule has 0 spiro atoms. The van der Waals surface area contributed by atoms with Crippen LogP contribution in [-0.2, 0) is 6.18 Å². The van der Waals surface area contributed by atoms with Crippen LogP contribution in [0.3, 0.4) is 0 Å². The summed E-state index contributed by atoms with van der Waals surface area (Å²) in [5.74, 6) is -0.0996. The van der Waals surface area contributed by atoms with Gasteiger partial charge in [0.1, 0.15) is 11.7 Å². The van der Waals surface area contributed by atoms with Gasteiger partial charge in [-0.1, -0.05) is 15.9 Å². The molecule has 0 N–H and O–H groups in total. The number of furan rings is 1. The summed E-state index contributed by atoms with van der Waals surface area (Å²) in [7, 11) is 0. The first-order chi connectivity index (χ1) is 7.86. The van der Waals surface area contributed by atoms with E-state index < -0.39 is 11.7 Å². The van der Waals surface area contributed by atoms with E-state index in [0.29, 0.717) is 10.0 Å². The zero-order valence-electron chi connectivity index (χ0n) is 8.52. The number of hydrogen-bond acceptors (Lipinski definition) is 2. The highest BCUT2D eigenvalue weighted by Crippen LogP contribution is 2.40. The molecule has 0 fully saturated rings. The average molecular weight is 304 g/mol. The average Bonchev–Trinajstić information content (AvgIpc) is 2.55. The number of hydrogen-bond donors (Lipinski definition) is 0. The van der Waals surface area contributed by atoms with E-state index in [1.54, 1.807) is 13.0 Å². The van der Waals surface area contributed by atoms with Crippen molar-refractivity contribution in [2.24, 2.45) is 0 Å². The Hall–Kier alpha value is -1.48. The summed E-state index contributed by atoms with van der Waals surface area (Å²) in [6.07, 6.45) is -4.50. The van der Waals surface area contributed by atoms with Crippen LogP contribution in [0.25, 0.3) is 11.0 Å². The lowest BCUT2D eigenvalue weighted by Gasteiger charge is -2.07. The molecular formula is C11H5BrF3NO. The van der Waals surface area contributed by atoms with Crippen molar-refractivity contribution in [3.05, 3.63) is 33.5 Å². The smallest absolute Gasteiger partial charge is 0.420 e. The van der Waals surface area contributed by atoms with Crippen LogP contribution in [0.1, 0.15) is 16.9 Å². The predicted molar refractivity (Wildman–Crippen MR) is 58.4 cm³/mol. The number of benzene rings is 1. The Morgan fingerprint density at radius 2 is 2.00 bits per heavy atom. The van der Waals surface area contributed by atoms with E-state index in [0.717, 1.165) is 6.07 Å². The molecule has 2 nitrogen and oxygen atoms in total. The van der Waals surface area contributed by atoms with Crippen molar-refractivity contribution >= 4 is 26.9 Å².